The van der Waals surface area contributed by atoms with Crippen molar-refractivity contribution in [3.8, 4) is 16.9 Å². The van der Waals surface area contributed by atoms with Gasteiger partial charge in [0.05, 0.1) is 19.8 Å². The van der Waals surface area contributed by atoms with E-state index in [0.717, 1.165) is 22.4 Å². The van der Waals surface area contributed by atoms with Gasteiger partial charge in [-0.3, -0.25) is 0 Å². The summed E-state index contributed by atoms with van der Waals surface area (Å²) in [5.41, 5.74) is 10.7. The fourth-order valence-corrected chi connectivity index (χ4v) is 3.15. The van der Waals surface area contributed by atoms with Crippen molar-refractivity contribution in [2.24, 2.45) is 5.73 Å². The monoisotopic (exact) mass is 311 g/mol. The van der Waals surface area contributed by atoms with Crippen LogP contribution in [0, 0.1) is 0 Å². The molecule has 0 aromatic heterocycles. The Labute approximate surface area is 134 Å². The quantitative estimate of drug-likeness (QED) is 0.923. The Morgan fingerprint density at radius 3 is 2.74 bits per heavy atom. The molecule has 0 spiro atoms. The van der Waals surface area contributed by atoms with Gasteiger partial charge in [-0.25, -0.2) is 4.79 Å². The SMILES string of the molecule is NC(=O)OC1CCOc2cc(-c3ccc4c(c3)COC4)ccc21. The lowest BCUT2D eigenvalue weighted by molar-refractivity contribution is 0.0766. The van der Waals surface area contributed by atoms with E-state index in [1.807, 2.05) is 18.2 Å². The van der Waals surface area contributed by atoms with E-state index in [4.69, 9.17) is 19.9 Å². The molecule has 2 N–H and O–H groups in total. The van der Waals surface area contributed by atoms with Crippen LogP contribution in [0.25, 0.3) is 11.1 Å². The summed E-state index contributed by atoms with van der Waals surface area (Å²) in [4.78, 5) is 11.0. The highest BCUT2D eigenvalue weighted by Crippen LogP contribution is 2.38. The number of ether oxygens (including phenoxy) is 3. The minimum absolute atomic E-state index is 0.335. The number of amides is 1. The van der Waals surface area contributed by atoms with Crippen molar-refractivity contribution in [3.05, 3.63) is 53.1 Å². The van der Waals surface area contributed by atoms with E-state index in [1.165, 1.54) is 11.1 Å². The number of fused-ring (bicyclic) bond motifs is 2. The third kappa shape index (κ3) is 2.64. The first kappa shape index (κ1) is 14.1. The highest BCUT2D eigenvalue weighted by molar-refractivity contribution is 5.69. The standard InChI is InChI=1S/C18H17NO4/c19-18(20)23-16-5-6-22-17-8-12(3-4-15(16)17)11-1-2-13-9-21-10-14(13)7-11/h1-4,7-8,16H,5-6,9-10H2,(H2,19,20). The van der Waals surface area contributed by atoms with Gasteiger partial charge >= 0.3 is 6.09 Å². The van der Waals surface area contributed by atoms with Crippen LogP contribution in [0.3, 0.4) is 0 Å². The topological polar surface area (TPSA) is 70.8 Å². The van der Waals surface area contributed by atoms with E-state index in [9.17, 15) is 4.79 Å². The summed E-state index contributed by atoms with van der Waals surface area (Å²) in [6.07, 6.45) is -0.477. The van der Waals surface area contributed by atoms with Gasteiger partial charge in [0.2, 0.25) is 0 Å². The minimum Gasteiger partial charge on any atom is -0.493 e. The van der Waals surface area contributed by atoms with Crippen LogP contribution >= 0.6 is 0 Å². The second-order valence-corrected chi connectivity index (χ2v) is 5.79. The number of rotatable bonds is 2. The van der Waals surface area contributed by atoms with Gasteiger partial charge in [0.15, 0.2) is 0 Å². The average molecular weight is 311 g/mol. The predicted octanol–water partition coefficient (Wildman–Crippen LogP) is 3.30. The molecule has 0 saturated carbocycles. The molecule has 118 valence electrons. The number of primary amides is 1. The Kier molecular flexibility index (Phi) is 3.42. The third-order valence-corrected chi connectivity index (χ3v) is 4.31. The second kappa shape index (κ2) is 5.59. The molecule has 0 aliphatic carbocycles. The van der Waals surface area contributed by atoms with Gasteiger partial charge in [-0.15, -0.1) is 0 Å². The second-order valence-electron chi connectivity index (χ2n) is 5.79. The Morgan fingerprint density at radius 2 is 1.87 bits per heavy atom. The van der Waals surface area contributed by atoms with Crippen molar-refractivity contribution in [1.29, 1.82) is 0 Å². The maximum Gasteiger partial charge on any atom is 0.405 e. The van der Waals surface area contributed by atoms with E-state index in [2.05, 4.69) is 18.2 Å². The predicted molar refractivity (Wildman–Crippen MR) is 83.9 cm³/mol. The third-order valence-electron chi connectivity index (χ3n) is 4.31. The molecule has 5 nitrogen and oxygen atoms in total. The molecule has 5 heteroatoms. The number of hydrogen-bond acceptors (Lipinski definition) is 4. The lowest BCUT2D eigenvalue weighted by atomic mass is 9.96. The fourth-order valence-electron chi connectivity index (χ4n) is 3.15. The fraction of sp³-hybridized carbons (Fsp3) is 0.278. The normalized spacial score (nSPS) is 18.7. The molecule has 0 bridgehead atoms. The zero-order valence-corrected chi connectivity index (χ0v) is 12.6. The molecule has 1 amide bonds. The van der Waals surface area contributed by atoms with Crippen LogP contribution in [-0.2, 0) is 22.7 Å². The molecule has 0 fully saturated rings. The van der Waals surface area contributed by atoms with Crippen LogP contribution in [0.5, 0.6) is 5.75 Å². The molecule has 0 saturated heterocycles. The van der Waals surface area contributed by atoms with Crippen molar-refractivity contribution in [2.45, 2.75) is 25.7 Å². The van der Waals surface area contributed by atoms with Gasteiger partial charge in [0.1, 0.15) is 11.9 Å². The van der Waals surface area contributed by atoms with Crippen molar-refractivity contribution in [3.63, 3.8) is 0 Å². The zero-order valence-electron chi connectivity index (χ0n) is 12.6. The first-order valence-electron chi connectivity index (χ1n) is 7.63. The van der Waals surface area contributed by atoms with Crippen LogP contribution in [-0.4, -0.2) is 12.7 Å². The maximum atomic E-state index is 11.0. The van der Waals surface area contributed by atoms with E-state index in [0.29, 0.717) is 26.2 Å². The molecular formula is C18H17NO4. The van der Waals surface area contributed by atoms with E-state index >= 15 is 0 Å². The molecule has 4 rings (SSSR count). The van der Waals surface area contributed by atoms with Crippen LogP contribution in [0.1, 0.15) is 29.2 Å². The lowest BCUT2D eigenvalue weighted by Gasteiger charge is -2.25. The van der Waals surface area contributed by atoms with Gasteiger partial charge in [0.25, 0.3) is 0 Å². The Bertz CT molecular complexity index is 772. The molecule has 1 atom stereocenters. The number of carbonyl (C=O) groups excluding carboxylic acids is 1. The lowest BCUT2D eigenvalue weighted by Crippen LogP contribution is -2.22. The smallest absolute Gasteiger partial charge is 0.405 e. The minimum atomic E-state index is -0.759. The van der Waals surface area contributed by atoms with E-state index in [-0.39, 0.29) is 6.10 Å². The maximum absolute atomic E-state index is 11.0. The van der Waals surface area contributed by atoms with Crippen molar-refractivity contribution < 1.29 is 19.0 Å². The summed E-state index contributed by atoms with van der Waals surface area (Å²) in [5.74, 6) is 0.747. The Balaban J connectivity index is 1.68. The molecule has 2 aliphatic rings. The van der Waals surface area contributed by atoms with E-state index < -0.39 is 6.09 Å². The van der Waals surface area contributed by atoms with Gasteiger partial charge in [-0.1, -0.05) is 24.3 Å². The number of carbonyl (C=O) groups is 1. The van der Waals surface area contributed by atoms with E-state index in [1.54, 1.807) is 0 Å². The first-order valence-corrected chi connectivity index (χ1v) is 7.63. The van der Waals surface area contributed by atoms with Crippen LogP contribution in [0.15, 0.2) is 36.4 Å². The molecule has 2 aromatic carbocycles. The number of nitrogens with two attached hydrogens (primary N) is 1. The van der Waals surface area contributed by atoms with Crippen LogP contribution < -0.4 is 10.5 Å². The summed E-state index contributed by atoms with van der Waals surface area (Å²) in [5, 5.41) is 0. The first-order chi connectivity index (χ1) is 11.2. The molecular weight excluding hydrogens is 294 g/mol. The van der Waals surface area contributed by atoms with Crippen molar-refractivity contribution >= 4 is 6.09 Å². The summed E-state index contributed by atoms with van der Waals surface area (Å²) < 4.78 is 16.4. The van der Waals surface area contributed by atoms with Gasteiger partial charge in [0, 0.05) is 12.0 Å². The van der Waals surface area contributed by atoms with Gasteiger partial charge in [-0.05, 0) is 34.4 Å². The molecule has 0 radical (unpaired) electrons. The molecule has 23 heavy (non-hydrogen) atoms. The van der Waals surface area contributed by atoms with Gasteiger partial charge < -0.3 is 19.9 Å². The van der Waals surface area contributed by atoms with Crippen LogP contribution in [0.4, 0.5) is 4.79 Å². The molecule has 2 heterocycles. The summed E-state index contributed by atoms with van der Waals surface area (Å²) >= 11 is 0. The van der Waals surface area contributed by atoms with Crippen molar-refractivity contribution in [1.82, 2.24) is 0 Å². The van der Waals surface area contributed by atoms with Crippen LogP contribution in [0.2, 0.25) is 0 Å². The summed E-state index contributed by atoms with van der Waals surface area (Å²) in [6, 6.07) is 12.3. The Morgan fingerprint density at radius 1 is 1.09 bits per heavy atom. The highest BCUT2D eigenvalue weighted by atomic mass is 16.6. The molecule has 1 unspecified atom stereocenters. The number of benzene rings is 2. The van der Waals surface area contributed by atoms with Crippen molar-refractivity contribution in [2.75, 3.05) is 6.61 Å². The molecule has 2 aliphatic heterocycles. The Hall–Kier alpha value is -2.53. The average Bonchev–Trinajstić information content (AvgIpc) is 3.01. The summed E-state index contributed by atoms with van der Waals surface area (Å²) in [7, 11) is 0. The highest BCUT2D eigenvalue weighted by Gasteiger charge is 2.24. The largest absolute Gasteiger partial charge is 0.493 e. The molecule has 2 aromatic rings. The zero-order chi connectivity index (χ0) is 15.8. The number of hydrogen-bond donors (Lipinski definition) is 1. The summed E-state index contributed by atoms with van der Waals surface area (Å²) in [6.45, 7) is 1.86. The van der Waals surface area contributed by atoms with Gasteiger partial charge in [-0.2, -0.15) is 0 Å².